The Bertz CT molecular complexity index is 1390. The van der Waals surface area contributed by atoms with E-state index >= 15 is 4.39 Å². The third-order valence-electron chi connectivity index (χ3n) is 5.59. The van der Waals surface area contributed by atoms with E-state index in [-0.39, 0.29) is 39.5 Å². The van der Waals surface area contributed by atoms with Gasteiger partial charge in [0, 0.05) is 11.5 Å². The van der Waals surface area contributed by atoms with Gasteiger partial charge < -0.3 is 5.32 Å². The summed E-state index contributed by atoms with van der Waals surface area (Å²) in [4.78, 5) is 4.14. The van der Waals surface area contributed by atoms with Gasteiger partial charge in [-0.2, -0.15) is 0 Å². The second-order valence-electron chi connectivity index (χ2n) is 7.62. The van der Waals surface area contributed by atoms with Crippen LogP contribution in [-0.4, -0.2) is 14.4 Å². The van der Waals surface area contributed by atoms with E-state index in [1.807, 2.05) is 0 Å². The lowest BCUT2D eigenvalue weighted by Crippen LogP contribution is -2.41. The van der Waals surface area contributed by atoms with Gasteiger partial charge in [0.05, 0.1) is 22.3 Å². The van der Waals surface area contributed by atoms with E-state index < -0.39 is 21.8 Å². The maximum absolute atomic E-state index is 15.1. The van der Waals surface area contributed by atoms with Crippen LogP contribution in [0.5, 0.6) is 0 Å². The van der Waals surface area contributed by atoms with Gasteiger partial charge in [0.2, 0.25) is 5.96 Å². The zero-order valence-corrected chi connectivity index (χ0v) is 19.9. The Balaban J connectivity index is 1.79. The van der Waals surface area contributed by atoms with Crippen molar-refractivity contribution in [2.75, 3.05) is 5.32 Å². The maximum atomic E-state index is 15.1. The molecule has 3 aromatic rings. The molecule has 10 heteroatoms. The van der Waals surface area contributed by atoms with Crippen LogP contribution in [0.4, 0.5) is 14.5 Å². The van der Waals surface area contributed by atoms with E-state index in [1.165, 1.54) is 12.1 Å². The molecular weight excluding hydrogens is 491 g/mol. The summed E-state index contributed by atoms with van der Waals surface area (Å²) in [5, 5.41) is 3.47. The minimum Gasteiger partial charge on any atom is -0.324 e. The fourth-order valence-electron chi connectivity index (χ4n) is 3.75. The van der Waals surface area contributed by atoms with Crippen molar-refractivity contribution in [3.05, 3.63) is 92.5 Å². The summed E-state index contributed by atoms with van der Waals surface area (Å²) >= 11 is 12.5. The zero-order chi connectivity index (χ0) is 23.9. The van der Waals surface area contributed by atoms with Crippen LogP contribution in [0.25, 0.3) is 0 Å². The first-order valence-electron chi connectivity index (χ1n) is 9.94. The van der Waals surface area contributed by atoms with Crippen LogP contribution in [0, 0.1) is 18.6 Å². The van der Waals surface area contributed by atoms with Crippen molar-refractivity contribution in [2.45, 2.75) is 31.2 Å². The van der Waals surface area contributed by atoms with Crippen molar-refractivity contribution in [2.24, 2.45) is 4.99 Å². The molecule has 0 aromatic heterocycles. The number of hydrogen-bond donors (Lipinski definition) is 2. The zero-order valence-electron chi connectivity index (χ0n) is 17.6. The van der Waals surface area contributed by atoms with E-state index in [4.69, 9.17) is 23.2 Å². The number of hydrogen-bond acceptors (Lipinski definition) is 3. The highest BCUT2D eigenvalue weighted by atomic mass is 35.5. The van der Waals surface area contributed by atoms with Crippen molar-refractivity contribution in [3.63, 3.8) is 0 Å². The number of sulfonamides is 1. The minimum atomic E-state index is -4.03. The lowest BCUT2D eigenvalue weighted by atomic mass is 9.91. The largest absolute Gasteiger partial charge is 0.324 e. The first-order chi connectivity index (χ1) is 15.6. The molecule has 0 saturated carbocycles. The van der Waals surface area contributed by atoms with E-state index in [2.05, 4.69) is 15.0 Å². The number of rotatable bonds is 4. The van der Waals surface area contributed by atoms with Gasteiger partial charge in [-0.3, -0.25) is 0 Å². The van der Waals surface area contributed by atoms with Gasteiger partial charge in [-0.25, -0.2) is 26.9 Å². The van der Waals surface area contributed by atoms with Crippen molar-refractivity contribution in [3.8, 4) is 0 Å². The molecule has 33 heavy (non-hydrogen) atoms. The second kappa shape index (κ2) is 8.93. The van der Waals surface area contributed by atoms with Gasteiger partial charge in [0.1, 0.15) is 16.5 Å². The third-order valence-corrected chi connectivity index (χ3v) is 7.80. The number of anilines is 1. The van der Waals surface area contributed by atoms with E-state index in [1.54, 1.807) is 44.2 Å². The topological polar surface area (TPSA) is 70.6 Å². The molecule has 0 unspecified atom stereocenters. The molecule has 2 N–H and O–H groups in total. The lowest BCUT2D eigenvalue weighted by Gasteiger charge is -2.27. The number of aliphatic imine (C=N–C) groups is 1. The fraction of sp³-hybridized carbons (Fsp3) is 0.174. The number of nitrogens with zero attached hydrogens (tertiary/aromatic N) is 1. The highest BCUT2D eigenvalue weighted by Gasteiger charge is 2.32. The Labute approximate surface area is 200 Å². The van der Waals surface area contributed by atoms with Gasteiger partial charge in [-0.1, -0.05) is 54.4 Å². The van der Waals surface area contributed by atoms with E-state index in [9.17, 15) is 12.8 Å². The number of fused-ring (bicyclic) bond motifs is 1. The van der Waals surface area contributed by atoms with Gasteiger partial charge in [-0.05, 0) is 47.9 Å². The average Bonchev–Trinajstić information content (AvgIpc) is 2.75. The first-order valence-corrected chi connectivity index (χ1v) is 12.2. The smallest absolute Gasteiger partial charge is 0.266 e. The standard InChI is InChI=1S/C23H19Cl2F2N3O2S/c1-12-14(5-3-8-17(12)26)11-28-23-29-22-19(33(31,32)30-23)10-9-18(27)20(22)13(2)15-6-4-7-16(24)21(15)25/h3-10,13H,11H2,1-2H3,(H2,28,29,30)/t13-/m0/s1. The minimum absolute atomic E-state index is 0.0180. The summed E-state index contributed by atoms with van der Waals surface area (Å²) in [5.74, 6) is -1.71. The molecule has 172 valence electrons. The summed E-state index contributed by atoms with van der Waals surface area (Å²) in [6, 6.07) is 11.9. The molecule has 0 bridgehead atoms. The van der Waals surface area contributed by atoms with Crippen molar-refractivity contribution in [1.82, 2.24) is 4.72 Å². The van der Waals surface area contributed by atoms with Gasteiger partial charge in [0.15, 0.2) is 0 Å². The molecule has 5 nitrogen and oxygen atoms in total. The van der Waals surface area contributed by atoms with Crippen LogP contribution in [0.2, 0.25) is 10.0 Å². The maximum Gasteiger partial charge on any atom is 0.266 e. The van der Waals surface area contributed by atoms with Gasteiger partial charge in [-0.15, -0.1) is 0 Å². The van der Waals surface area contributed by atoms with Gasteiger partial charge >= 0.3 is 0 Å². The number of halogens is 4. The molecule has 0 fully saturated rings. The van der Waals surface area contributed by atoms with Gasteiger partial charge in [0.25, 0.3) is 10.0 Å². The van der Waals surface area contributed by atoms with Crippen LogP contribution in [-0.2, 0) is 16.6 Å². The average molecular weight is 510 g/mol. The summed E-state index contributed by atoms with van der Waals surface area (Å²) < 4.78 is 57.0. The SMILES string of the molecule is Cc1c(F)cccc1CN=C1Nc2c(ccc(F)c2[C@@H](C)c2cccc(Cl)c2Cl)S(=O)(=O)N1. The lowest BCUT2D eigenvalue weighted by molar-refractivity contribution is 0.586. The van der Waals surface area contributed by atoms with Crippen LogP contribution >= 0.6 is 23.2 Å². The van der Waals surface area contributed by atoms with Crippen molar-refractivity contribution in [1.29, 1.82) is 0 Å². The molecule has 4 rings (SSSR count). The Kier molecular flexibility index (Phi) is 6.35. The summed E-state index contributed by atoms with van der Waals surface area (Å²) in [6.45, 7) is 3.34. The molecule has 0 radical (unpaired) electrons. The first kappa shape index (κ1) is 23.5. The van der Waals surface area contributed by atoms with Crippen molar-refractivity contribution < 1.29 is 17.2 Å². The molecule has 3 aromatic carbocycles. The molecule has 1 atom stereocenters. The van der Waals surface area contributed by atoms with Crippen LogP contribution in [0.1, 0.15) is 35.1 Å². The Morgan fingerprint density at radius 1 is 1.03 bits per heavy atom. The summed E-state index contributed by atoms with van der Waals surface area (Å²) in [6.07, 6.45) is 0. The molecular formula is C23H19Cl2F2N3O2S. The normalized spacial score (nSPS) is 16.6. The summed E-state index contributed by atoms with van der Waals surface area (Å²) in [7, 11) is -4.03. The third kappa shape index (κ3) is 4.43. The van der Waals surface area contributed by atoms with Crippen LogP contribution in [0.15, 0.2) is 58.4 Å². The van der Waals surface area contributed by atoms with E-state index in [0.717, 1.165) is 6.07 Å². The molecule has 1 aliphatic heterocycles. The molecule has 0 amide bonds. The highest BCUT2D eigenvalue weighted by molar-refractivity contribution is 7.90. The predicted octanol–water partition coefficient (Wildman–Crippen LogP) is 5.99. The molecule has 1 heterocycles. The van der Waals surface area contributed by atoms with Crippen LogP contribution in [0.3, 0.4) is 0 Å². The highest BCUT2D eigenvalue weighted by Crippen LogP contribution is 2.41. The van der Waals surface area contributed by atoms with E-state index in [0.29, 0.717) is 21.7 Å². The summed E-state index contributed by atoms with van der Waals surface area (Å²) in [5.41, 5.74) is 1.72. The Morgan fingerprint density at radius 3 is 2.52 bits per heavy atom. The van der Waals surface area contributed by atoms with Crippen molar-refractivity contribution >= 4 is 44.9 Å². The predicted molar refractivity (Wildman–Crippen MR) is 127 cm³/mol. The number of benzene rings is 3. The molecule has 0 aliphatic carbocycles. The monoisotopic (exact) mass is 509 g/mol. The number of nitrogens with one attached hydrogen (secondary N) is 2. The van der Waals surface area contributed by atoms with Crippen LogP contribution < -0.4 is 10.0 Å². The molecule has 0 spiro atoms. The Morgan fingerprint density at radius 2 is 1.76 bits per heavy atom. The molecule has 1 aliphatic rings. The molecule has 0 saturated heterocycles. The number of guanidine groups is 1. The second-order valence-corrected chi connectivity index (χ2v) is 10.1. The Hall–Kier alpha value is -2.68. The fourth-order valence-corrected chi connectivity index (χ4v) is 5.37. The quantitative estimate of drug-likeness (QED) is 0.453.